The Morgan fingerprint density at radius 1 is 1.00 bits per heavy atom. The van der Waals surface area contributed by atoms with Crippen LogP contribution in [0.25, 0.3) is 0 Å². The molecule has 0 aliphatic rings. The van der Waals surface area contributed by atoms with Crippen LogP contribution in [-0.4, -0.2) is 18.3 Å². The molecule has 2 N–H and O–H groups in total. The molecule has 0 spiro atoms. The molecular weight excluding hydrogens is 449 g/mol. The van der Waals surface area contributed by atoms with Crippen molar-refractivity contribution in [3.8, 4) is 11.5 Å². The normalized spacial score (nSPS) is 11.9. The molecule has 0 amide bonds. The number of hydrogen-bond donors (Lipinski definition) is 2. The Kier molecular flexibility index (Phi) is 8.25. The topological polar surface area (TPSA) is 50.7 Å². The second-order valence-corrected chi connectivity index (χ2v) is 7.65. The highest BCUT2D eigenvalue weighted by atomic mass is 79.9. The van der Waals surface area contributed by atoms with Crippen LogP contribution in [0.15, 0.2) is 71.2 Å². The molecule has 1 unspecified atom stereocenters. The van der Waals surface area contributed by atoms with E-state index in [9.17, 15) is 9.50 Å². The second kappa shape index (κ2) is 11.1. The summed E-state index contributed by atoms with van der Waals surface area (Å²) in [7, 11) is 0. The van der Waals surface area contributed by atoms with Crippen LogP contribution in [0.3, 0.4) is 0 Å². The van der Waals surface area contributed by atoms with E-state index in [1.807, 2.05) is 49.4 Å². The van der Waals surface area contributed by atoms with Gasteiger partial charge in [-0.15, -0.1) is 0 Å². The first-order chi connectivity index (χ1) is 14.6. The van der Waals surface area contributed by atoms with Gasteiger partial charge < -0.3 is 19.9 Å². The molecule has 4 nitrogen and oxygen atoms in total. The van der Waals surface area contributed by atoms with E-state index >= 15 is 0 Å². The van der Waals surface area contributed by atoms with Crippen molar-refractivity contribution in [3.05, 3.63) is 93.7 Å². The lowest BCUT2D eigenvalue weighted by atomic mass is 10.1. The highest BCUT2D eigenvalue weighted by molar-refractivity contribution is 9.10. The van der Waals surface area contributed by atoms with E-state index in [2.05, 4.69) is 21.2 Å². The summed E-state index contributed by atoms with van der Waals surface area (Å²) in [5.41, 5.74) is 2.74. The number of hydrogen-bond acceptors (Lipinski definition) is 4. The summed E-state index contributed by atoms with van der Waals surface area (Å²) in [4.78, 5) is 0. The number of aliphatic hydroxyl groups excluding tert-OH is 1. The molecule has 0 bridgehead atoms. The van der Waals surface area contributed by atoms with Crippen LogP contribution in [0, 0.1) is 5.82 Å². The Labute approximate surface area is 184 Å². The molecule has 0 aromatic heterocycles. The molecule has 1 atom stereocenters. The minimum absolute atomic E-state index is 0.272. The molecule has 0 aliphatic carbocycles. The zero-order chi connectivity index (χ0) is 21.3. The van der Waals surface area contributed by atoms with E-state index in [4.69, 9.17) is 9.47 Å². The SMILES string of the molecule is CCOc1cc(CNCC(O)c2ccccc2)c(Br)cc1OCc1ccc(F)cc1. The third-order valence-electron chi connectivity index (χ3n) is 4.56. The van der Waals surface area contributed by atoms with E-state index < -0.39 is 6.10 Å². The molecule has 158 valence electrons. The molecule has 0 radical (unpaired) electrons. The number of ether oxygens (including phenoxy) is 2. The van der Waals surface area contributed by atoms with Crippen molar-refractivity contribution in [2.24, 2.45) is 0 Å². The van der Waals surface area contributed by atoms with Crippen LogP contribution in [0.5, 0.6) is 11.5 Å². The van der Waals surface area contributed by atoms with E-state index in [1.165, 1.54) is 12.1 Å². The summed E-state index contributed by atoms with van der Waals surface area (Å²) >= 11 is 3.59. The molecule has 3 rings (SSSR count). The number of nitrogens with one attached hydrogen (secondary N) is 1. The van der Waals surface area contributed by atoms with Gasteiger partial charge in [0.2, 0.25) is 0 Å². The fraction of sp³-hybridized carbons (Fsp3) is 0.250. The van der Waals surface area contributed by atoms with Crippen molar-refractivity contribution in [1.82, 2.24) is 5.32 Å². The Morgan fingerprint density at radius 3 is 2.40 bits per heavy atom. The third kappa shape index (κ3) is 6.29. The monoisotopic (exact) mass is 473 g/mol. The van der Waals surface area contributed by atoms with E-state index in [0.717, 1.165) is 21.2 Å². The highest BCUT2D eigenvalue weighted by Crippen LogP contribution is 2.34. The minimum atomic E-state index is -0.574. The Bertz CT molecular complexity index is 935. The van der Waals surface area contributed by atoms with Crippen molar-refractivity contribution in [1.29, 1.82) is 0 Å². The van der Waals surface area contributed by atoms with Crippen LogP contribution < -0.4 is 14.8 Å². The second-order valence-electron chi connectivity index (χ2n) is 6.80. The van der Waals surface area contributed by atoms with Crippen molar-refractivity contribution in [2.75, 3.05) is 13.2 Å². The Morgan fingerprint density at radius 2 is 1.70 bits per heavy atom. The van der Waals surface area contributed by atoms with E-state index in [-0.39, 0.29) is 5.82 Å². The van der Waals surface area contributed by atoms with Crippen LogP contribution in [0.4, 0.5) is 4.39 Å². The van der Waals surface area contributed by atoms with Crippen molar-refractivity contribution in [2.45, 2.75) is 26.2 Å². The Hall–Kier alpha value is -2.41. The summed E-state index contributed by atoms with van der Waals surface area (Å²) in [6, 6.07) is 19.6. The average Bonchev–Trinajstić information content (AvgIpc) is 2.76. The maximum atomic E-state index is 13.1. The molecule has 3 aromatic rings. The van der Waals surface area contributed by atoms with Gasteiger partial charge in [0.15, 0.2) is 11.5 Å². The standard InChI is InChI=1S/C24H25BrFNO3/c1-2-29-23-12-19(14-27-15-22(28)18-6-4-3-5-7-18)21(25)13-24(23)30-16-17-8-10-20(26)11-9-17/h3-13,22,27-28H,2,14-16H2,1H3. The van der Waals surface area contributed by atoms with E-state index in [0.29, 0.717) is 37.8 Å². The number of rotatable bonds is 10. The fourth-order valence-corrected chi connectivity index (χ4v) is 3.43. The predicted octanol–water partition coefficient (Wildman–Crippen LogP) is 5.39. The lowest BCUT2D eigenvalue weighted by Gasteiger charge is -2.16. The minimum Gasteiger partial charge on any atom is -0.490 e. The molecule has 30 heavy (non-hydrogen) atoms. The van der Waals surface area contributed by atoms with Crippen LogP contribution in [0.1, 0.15) is 29.7 Å². The first kappa shape index (κ1) is 22.3. The third-order valence-corrected chi connectivity index (χ3v) is 5.30. The zero-order valence-corrected chi connectivity index (χ0v) is 18.4. The summed E-state index contributed by atoms with van der Waals surface area (Å²) in [5.74, 6) is 0.982. The summed E-state index contributed by atoms with van der Waals surface area (Å²) in [5, 5.41) is 13.6. The molecule has 0 saturated heterocycles. The molecular formula is C24H25BrFNO3. The van der Waals surface area contributed by atoms with Gasteiger partial charge in [0.1, 0.15) is 12.4 Å². The van der Waals surface area contributed by atoms with Crippen molar-refractivity contribution < 1.29 is 19.0 Å². The molecule has 3 aromatic carbocycles. The lowest BCUT2D eigenvalue weighted by molar-refractivity contribution is 0.174. The maximum Gasteiger partial charge on any atom is 0.162 e. The smallest absolute Gasteiger partial charge is 0.162 e. The first-order valence-electron chi connectivity index (χ1n) is 9.83. The number of halogens is 2. The largest absolute Gasteiger partial charge is 0.490 e. The summed E-state index contributed by atoms with van der Waals surface area (Å²) in [6.07, 6.45) is -0.574. The number of aliphatic hydroxyl groups is 1. The van der Waals surface area contributed by atoms with Gasteiger partial charge in [0, 0.05) is 17.6 Å². The first-order valence-corrected chi connectivity index (χ1v) is 10.6. The van der Waals surface area contributed by atoms with Gasteiger partial charge in [-0.1, -0.05) is 58.4 Å². The van der Waals surface area contributed by atoms with Crippen LogP contribution in [0.2, 0.25) is 0 Å². The van der Waals surface area contributed by atoms with Crippen molar-refractivity contribution in [3.63, 3.8) is 0 Å². The van der Waals surface area contributed by atoms with Gasteiger partial charge >= 0.3 is 0 Å². The lowest BCUT2D eigenvalue weighted by Crippen LogP contribution is -2.21. The van der Waals surface area contributed by atoms with Gasteiger partial charge in [0.05, 0.1) is 12.7 Å². The predicted molar refractivity (Wildman–Crippen MR) is 119 cm³/mol. The highest BCUT2D eigenvalue weighted by Gasteiger charge is 2.12. The summed E-state index contributed by atoms with van der Waals surface area (Å²) in [6.45, 7) is 3.73. The van der Waals surface area contributed by atoms with Crippen molar-refractivity contribution >= 4 is 15.9 Å². The maximum absolute atomic E-state index is 13.1. The molecule has 0 fully saturated rings. The molecule has 0 heterocycles. The molecule has 0 aliphatic heterocycles. The van der Waals surface area contributed by atoms with Gasteiger partial charge in [-0.2, -0.15) is 0 Å². The average molecular weight is 474 g/mol. The van der Waals surface area contributed by atoms with Crippen LogP contribution in [-0.2, 0) is 13.2 Å². The molecule has 0 saturated carbocycles. The van der Waals surface area contributed by atoms with Gasteiger partial charge in [0.25, 0.3) is 0 Å². The van der Waals surface area contributed by atoms with Gasteiger partial charge in [-0.25, -0.2) is 4.39 Å². The number of benzene rings is 3. The molecule has 6 heteroatoms. The quantitative estimate of drug-likeness (QED) is 0.414. The zero-order valence-electron chi connectivity index (χ0n) is 16.8. The Balaban J connectivity index is 1.63. The summed E-state index contributed by atoms with van der Waals surface area (Å²) < 4.78 is 25.6. The van der Waals surface area contributed by atoms with Gasteiger partial charge in [-0.05, 0) is 47.9 Å². The van der Waals surface area contributed by atoms with Gasteiger partial charge in [-0.3, -0.25) is 0 Å². The fourth-order valence-electron chi connectivity index (χ4n) is 2.97. The van der Waals surface area contributed by atoms with E-state index in [1.54, 1.807) is 12.1 Å². The van der Waals surface area contributed by atoms with Crippen LogP contribution >= 0.6 is 15.9 Å².